The molecule has 3 aromatic heterocycles. The van der Waals surface area contributed by atoms with Crippen LogP contribution in [0.25, 0.3) is 0 Å². The molecule has 5 rings (SSSR count). The van der Waals surface area contributed by atoms with Crippen LogP contribution in [0.3, 0.4) is 0 Å². The first kappa shape index (κ1) is 19.2. The first-order chi connectivity index (χ1) is 14.5. The lowest BCUT2D eigenvalue weighted by atomic mass is 10.1. The number of rotatable bonds is 6. The van der Waals surface area contributed by atoms with E-state index in [0.29, 0.717) is 30.0 Å². The number of anilines is 2. The predicted octanol–water partition coefficient (Wildman–Crippen LogP) is 3.38. The molecule has 2 atom stereocenters. The summed E-state index contributed by atoms with van der Waals surface area (Å²) in [7, 11) is 3.52. The van der Waals surface area contributed by atoms with Crippen LogP contribution in [-0.2, 0) is 19.9 Å². The maximum absolute atomic E-state index is 12.6. The average Bonchev–Trinajstić information content (AvgIpc) is 3.13. The van der Waals surface area contributed by atoms with E-state index in [-0.39, 0.29) is 5.56 Å². The number of pyridine rings is 1. The Morgan fingerprint density at radius 2 is 2.20 bits per heavy atom. The number of hydrogen-bond acceptors (Lipinski definition) is 7. The number of aryl methyl sites for hydroxylation is 4. The average molecular weight is 424 g/mol. The van der Waals surface area contributed by atoms with Gasteiger partial charge in [-0.25, -0.2) is 9.67 Å². The normalized spacial score (nSPS) is 19.6. The molecule has 8 heteroatoms. The lowest BCUT2D eigenvalue weighted by Gasteiger charge is -2.17. The smallest absolute Gasteiger partial charge is 0.290 e. The summed E-state index contributed by atoms with van der Waals surface area (Å²) in [4.78, 5) is 23.6. The van der Waals surface area contributed by atoms with E-state index in [2.05, 4.69) is 22.2 Å². The predicted molar refractivity (Wildman–Crippen MR) is 117 cm³/mol. The molecule has 1 saturated carbocycles. The van der Waals surface area contributed by atoms with E-state index in [1.807, 2.05) is 18.9 Å². The Hall–Kier alpha value is -2.74. The molecular weight excluding hydrogens is 398 g/mol. The zero-order valence-corrected chi connectivity index (χ0v) is 18.3. The van der Waals surface area contributed by atoms with Gasteiger partial charge in [0.25, 0.3) is 5.56 Å². The van der Waals surface area contributed by atoms with Gasteiger partial charge < -0.3 is 9.64 Å². The number of ether oxygens (including phenoxy) is 1. The highest BCUT2D eigenvalue weighted by atomic mass is 32.1. The molecular formula is C22H25N5O2S. The Morgan fingerprint density at radius 3 is 3.00 bits per heavy atom. The van der Waals surface area contributed by atoms with E-state index in [9.17, 15) is 4.79 Å². The summed E-state index contributed by atoms with van der Waals surface area (Å²) in [6.07, 6.45) is 6.35. The van der Waals surface area contributed by atoms with Crippen LogP contribution >= 0.6 is 11.3 Å². The zero-order chi connectivity index (χ0) is 20.8. The Morgan fingerprint density at radius 1 is 1.33 bits per heavy atom. The minimum atomic E-state index is -0.164. The first-order valence-corrected chi connectivity index (χ1v) is 11.2. The summed E-state index contributed by atoms with van der Waals surface area (Å²) in [5.41, 5.74) is 4.25. The molecule has 1 fully saturated rings. The molecule has 0 radical (unpaired) electrons. The standard InChI is InChI=1S/C22H25N5O2S/c1-13-23-11-21(30-13)26(2)19-10-20(25-27(3)22(19)28)29-12-15-9-16(15)18-8-7-14-5-4-6-17(14)24-18/h7-8,10-11,15-16H,4-6,9,12H2,1-3H3/t15-,16+/m1/s1. The third-order valence-corrected chi connectivity index (χ3v) is 7.01. The zero-order valence-electron chi connectivity index (χ0n) is 17.5. The van der Waals surface area contributed by atoms with Crippen LogP contribution in [-0.4, -0.2) is 33.4 Å². The van der Waals surface area contributed by atoms with Gasteiger partial charge in [0.15, 0.2) is 0 Å². The van der Waals surface area contributed by atoms with Gasteiger partial charge in [0.2, 0.25) is 5.88 Å². The molecule has 30 heavy (non-hydrogen) atoms. The number of nitrogens with zero attached hydrogens (tertiary/aromatic N) is 5. The van der Waals surface area contributed by atoms with E-state index >= 15 is 0 Å². The number of aromatic nitrogens is 4. The van der Waals surface area contributed by atoms with Gasteiger partial charge in [-0.05, 0) is 44.2 Å². The molecule has 0 unspecified atom stereocenters. The summed E-state index contributed by atoms with van der Waals surface area (Å²) >= 11 is 1.54. The SMILES string of the molecule is Cc1ncc(N(C)c2cc(OC[C@H]3C[C@@H]3c3ccc4c(n3)CCC4)nn(C)c2=O)s1. The Labute approximate surface area is 179 Å². The molecule has 0 saturated heterocycles. The van der Waals surface area contributed by atoms with Gasteiger partial charge in [0.05, 0.1) is 17.8 Å². The maximum atomic E-state index is 12.6. The summed E-state index contributed by atoms with van der Waals surface area (Å²) in [5, 5.41) is 6.15. The second-order valence-electron chi connectivity index (χ2n) is 8.18. The first-order valence-electron chi connectivity index (χ1n) is 10.4. The van der Waals surface area contributed by atoms with Crippen molar-refractivity contribution in [3.63, 3.8) is 0 Å². The van der Waals surface area contributed by atoms with Crippen molar-refractivity contribution in [3.8, 4) is 5.88 Å². The molecule has 2 aliphatic carbocycles. The summed E-state index contributed by atoms with van der Waals surface area (Å²) in [5.74, 6) is 1.37. The van der Waals surface area contributed by atoms with E-state index < -0.39 is 0 Å². The van der Waals surface area contributed by atoms with Crippen LogP contribution in [0.5, 0.6) is 5.88 Å². The lowest BCUT2D eigenvalue weighted by Crippen LogP contribution is -2.27. The Bertz CT molecular complexity index is 1150. The van der Waals surface area contributed by atoms with Crippen molar-refractivity contribution in [2.24, 2.45) is 13.0 Å². The molecule has 0 amide bonds. The molecule has 0 aliphatic heterocycles. The van der Waals surface area contributed by atoms with E-state index in [1.165, 1.54) is 28.1 Å². The van der Waals surface area contributed by atoms with Crippen LogP contribution in [0.4, 0.5) is 10.7 Å². The van der Waals surface area contributed by atoms with Gasteiger partial charge in [-0.15, -0.1) is 16.4 Å². The van der Waals surface area contributed by atoms with E-state index in [1.54, 1.807) is 30.6 Å². The van der Waals surface area contributed by atoms with Gasteiger partial charge in [0.1, 0.15) is 10.7 Å². The molecule has 3 aromatic rings. The maximum Gasteiger partial charge on any atom is 0.290 e. The van der Waals surface area contributed by atoms with Gasteiger partial charge in [-0.3, -0.25) is 9.78 Å². The summed E-state index contributed by atoms with van der Waals surface area (Å²) < 4.78 is 7.34. The highest BCUT2D eigenvalue weighted by Gasteiger charge is 2.40. The molecule has 2 aliphatic rings. The quantitative estimate of drug-likeness (QED) is 0.605. The van der Waals surface area contributed by atoms with Crippen LogP contribution in [0.1, 0.15) is 40.7 Å². The third kappa shape index (κ3) is 3.60. The summed E-state index contributed by atoms with van der Waals surface area (Å²) in [6, 6.07) is 6.16. The topological polar surface area (TPSA) is 73.1 Å². The number of hydrogen-bond donors (Lipinski definition) is 0. The van der Waals surface area contributed by atoms with Crippen molar-refractivity contribution in [1.29, 1.82) is 0 Å². The second-order valence-corrected chi connectivity index (χ2v) is 9.40. The number of fused-ring (bicyclic) bond motifs is 1. The molecule has 0 aromatic carbocycles. The van der Waals surface area contributed by atoms with Gasteiger partial charge in [0, 0.05) is 43.4 Å². The fourth-order valence-electron chi connectivity index (χ4n) is 4.13. The van der Waals surface area contributed by atoms with Crippen LogP contribution in [0.15, 0.2) is 29.2 Å². The monoisotopic (exact) mass is 423 g/mol. The van der Waals surface area contributed by atoms with Crippen molar-refractivity contribution in [1.82, 2.24) is 19.7 Å². The highest BCUT2D eigenvalue weighted by molar-refractivity contribution is 7.15. The summed E-state index contributed by atoms with van der Waals surface area (Å²) in [6.45, 7) is 2.53. The van der Waals surface area contributed by atoms with Gasteiger partial charge in [-0.1, -0.05) is 6.07 Å². The molecule has 0 spiro atoms. The molecule has 156 valence electrons. The molecule has 0 bridgehead atoms. The van der Waals surface area contributed by atoms with Crippen molar-refractivity contribution in [2.75, 3.05) is 18.6 Å². The fourth-order valence-corrected chi connectivity index (χ4v) is 4.88. The van der Waals surface area contributed by atoms with Gasteiger partial charge >= 0.3 is 0 Å². The van der Waals surface area contributed by atoms with Crippen molar-refractivity contribution in [3.05, 3.63) is 56.7 Å². The largest absolute Gasteiger partial charge is 0.476 e. The molecule has 0 N–H and O–H groups in total. The lowest BCUT2D eigenvalue weighted by molar-refractivity contribution is 0.278. The second kappa shape index (κ2) is 7.50. The minimum Gasteiger partial charge on any atom is -0.476 e. The number of thiazole rings is 1. The fraction of sp³-hybridized carbons (Fsp3) is 0.455. The Balaban J connectivity index is 1.28. The van der Waals surface area contributed by atoms with Crippen LogP contribution in [0, 0.1) is 12.8 Å². The van der Waals surface area contributed by atoms with Crippen molar-refractivity contribution < 1.29 is 4.74 Å². The molecule has 7 nitrogen and oxygen atoms in total. The van der Waals surface area contributed by atoms with Crippen molar-refractivity contribution >= 4 is 22.0 Å². The Kier molecular flexibility index (Phi) is 4.81. The van der Waals surface area contributed by atoms with E-state index in [0.717, 1.165) is 29.3 Å². The highest BCUT2D eigenvalue weighted by Crippen LogP contribution is 2.47. The van der Waals surface area contributed by atoms with Crippen LogP contribution in [0.2, 0.25) is 0 Å². The molecule has 3 heterocycles. The van der Waals surface area contributed by atoms with Crippen molar-refractivity contribution in [2.45, 2.75) is 38.5 Å². The third-order valence-electron chi connectivity index (χ3n) is 6.02. The van der Waals surface area contributed by atoms with Gasteiger partial charge in [-0.2, -0.15) is 0 Å². The minimum absolute atomic E-state index is 0.164. The van der Waals surface area contributed by atoms with Crippen LogP contribution < -0.4 is 15.2 Å². The van der Waals surface area contributed by atoms with E-state index in [4.69, 9.17) is 9.72 Å².